The number of likely N-dealkylation sites (tertiary alicyclic amines) is 1. The van der Waals surface area contributed by atoms with Crippen molar-refractivity contribution in [2.24, 2.45) is 17.1 Å². The molecular formula is C19H32N2. The second-order valence-electron chi connectivity index (χ2n) is 7.74. The Hall–Kier alpha value is -0.860. The molecule has 0 spiro atoms. The molecule has 1 aromatic carbocycles. The number of nitrogens with two attached hydrogens (primary N) is 1. The van der Waals surface area contributed by atoms with E-state index in [1.807, 2.05) is 0 Å². The largest absolute Gasteiger partial charge is 0.326 e. The minimum absolute atomic E-state index is 0.249. The van der Waals surface area contributed by atoms with Crippen LogP contribution in [0.15, 0.2) is 30.3 Å². The molecule has 118 valence electrons. The zero-order chi connectivity index (χ0) is 15.3. The molecule has 0 saturated carbocycles. The molecule has 2 nitrogen and oxygen atoms in total. The molecule has 0 radical (unpaired) electrons. The molecule has 1 heterocycles. The number of rotatable bonds is 4. The van der Waals surface area contributed by atoms with Crippen LogP contribution >= 0.6 is 0 Å². The molecule has 1 saturated heterocycles. The molecule has 1 fully saturated rings. The fourth-order valence-corrected chi connectivity index (χ4v) is 3.52. The second kappa shape index (κ2) is 7.42. The molecule has 0 aliphatic carbocycles. The van der Waals surface area contributed by atoms with Gasteiger partial charge in [0.1, 0.15) is 0 Å². The van der Waals surface area contributed by atoms with Gasteiger partial charge in [0.15, 0.2) is 0 Å². The van der Waals surface area contributed by atoms with Crippen LogP contribution in [0, 0.1) is 11.3 Å². The van der Waals surface area contributed by atoms with Gasteiger partial charge in [0.05, 0.1) is 0 Å². The SMILES string of the molecule is CC(C)(C)C1CCCN(CC(N)Cc2ccccc2)CC1. The highest BCUT2D eigenvalue weighted by atomic mass is 15.1. The van der Waals surface area contributed by atoms with Gasteiger partial charge in [0, 0.05) is 12.6 Å². The zero-order valence-corrected chi connectivity index (χ0v) is 14.0. The summed E-state index contributed by atoms with van der Waals surface area (Å²) in [7, 11) is 0. The van der Waals surface area contributed by atoms with E-state index in [1.165, 1.54) is 37.9 Å². The Morgan fingerprint density at radius 3 is 2.52 bits per heavy atom. The Kier molecular flexibility index (Phi) is 5.83. The number of nitrogens with zero attached hydrogens (tertiary/aromatic N) is 1. The van der Waals surface area contributed by atoms with Gasteiger partial charge in [-0.15, -0.1) is 0 Å². The van der Waals surface area contributed by atoms with Gasteiger partial charge in [-0.05, 0) is 55.7 Å². The lowest BCUT2D eigenvalue weighted by Gasteiger charge is -2.30. The summed E-state index contributed by atoms with van der Waals surface area (Å²) in [6.07, 6.45) is 5.00. The van der Waals surface area contributed by atoms with Crippen molar-refractivity contribution in [1.29, 1.82) is 0 Å². The standard InChI is InChI=1S/C19H32N2/c1-19(2,3)17-10-7-12-21(13-11-17)15-18(20)14-16-8-5-4-6-9-16/h4-6,8-9,17-18H,7,10-15,20H2,1-3H3. The molecule has 2 unspecified atom stereocenters. The van der Waals surface area contributed by atoms with Crippen LogP contribution in [0.25, 0.3) is 0 Å². The third kappa shape index (κ3) is 5.44. The van der Waals surface area contributed by atoms with Crippen molar-refractivity contribution < 1.29 is 0 Å². The Morgan fingerprint density at radius 1 is 1.14 bits per heavy atom. The van der Waals surface area contributed by atoms with Crippen molar-refractivity contribution in [2.75, 3.05) is 19.6 Å². The van der Waals surface area contributed by atoms with Gasteiger partial charge in [-0.1, -0.05) is 51.1 Å². The predicted molar refractivity (Wildman–Crippen MR) is 91.4 cm³/mol. The molecular weight excluding hydrogens is 256 g/mol. The van der Waals surface area contributed by atoms with Crippen LogP contribution in [0.1, 0.15) is 45.6 Å². The summed E-state index contributed by atoms with van der Waals surface area (Å²) in [6, 6.07) is 10.9. The molecule has 1 aromatic rings. The van der Waals surface area contributed by atoms with Crippen molar-refractivity contribution in [2.45, 2.75) is 52.5 Å². The first-order chi connectivity index (χ1) is 9.95. The second-order valence-corrected chi connectivity index (χ2v) is 7.74. The van der Waals surface area contributed by atoms with Gasteiger partial charge in [-0.2, -0.15) is 0 Å². The van der Waals surface area contributed by atoms with Crippen molar-refractivity contribution in [1.82, 2.24) is 4.90 Å². The van der Waals surface area contributed by atoms with Crippen LogP contribution in [-0.4, -0.2) is 30.6 Å². The maximum atomic E-state index is 6.37. The fraction of sp³-hybridized carbons (Fsp3) is 0.684. The molecule has 1 aliphatic heterocycles. The molecule has 1 aliphatic rings. The first-order valence-electron chi connectivity index (χ1n) is 8.47. The van der Waals surface area contributed by atoms with Crippen LogP contribution in [0.3, 0.4) is 0 Å². The summed E-state index contributed by atoms with van der Waals surface area (Å²) >= 11 is 0. The lowest BCUT2D eigenvalue weighted by molar-refractivity contribution is 0.205. The van der Waals surface area contributed by atoms with E-state index < -0.39 is 0 Å². The van der Waals surface area contributed by atoms with Crippen LogP contribution < -0.4 is 5.73 Å². The smallest absolute Gasteiger partial charge is 0.0208 e. The van der Waals surface area contributed by atoms with Crippen molar-refractivity contribution >= 4 is 0 Å². The highest BCUT2D eigenvalue weighted by Crippen LogP contribution is 2.34. The van der Waals surface area contributed by atoms with Crippen molar-refractivity contribution in [3.63, 3.8) is 0 Å². The van der Waals surface area contributed by atoms with Crippen LogP contribution in [0.2, 0.25) is 0 Å². The predicted octanol–water partition coefficient (Wildman–Crippen LogP) is 3.70. The molecule has 0 amide bonds. The van der Waals surface area contributed by atoms with Crippen LogP contribution in [0.4, 0.5) is 0 Å². The molecule has 0 aromatic heterocycles. The van der Waals surface area contributed by atoms with E-state index in [0.29, 0.717) is 5.41 Å². The minimum atomic E-state index is 0.249. The van der Waals surface area contributed by atoms with E-state index in [9.17, 15) is 0 Å². The topological polar surface area (TPSA) is 29.3 Å². The maximum absolute atomic E-state index is 6.37. The molecule has 0 bridgehead atoms. The van der Waals surface area contributed by atoms with Crippen LogP contribution in [-0.2, 0) is 6.42 Å². The molecule has 2 heteroatoms. The molecule has 2 atom stereocenters. The van der Waals surface area contributed by atoms with E-state index in [1.54, 1.807) is 0 Å². The Morgan fingerprint density at radius 2 is 1.86 bits per heavy atom. The van der Waals surface area contributed by atoms with Crippen molar-refractivity contribution in [3.05, 3.63) is 35.9 Å². The maximum Gasteiger partial charge on any atom is 0.0208 e. The van der Waals surface area contributed by atoms with E-state index in [0.717, 1.165) is 18.9 Å². The average molecular weight is 288 g/mol. The third-order valence-corrected chi connectivity index (χ3v) is 4.88. The third-order valence-electron chi connectivity index (χ3n) is 4.88. The number of hydrogen-bond acceptors (Lipinski definition) is 2. The Balaban J connectivity index is 1.80. The highest BCUT2D eigenvalue weighted by molar-refractivity contribution is 5.15. The van der Waals surface area contributed by atoms with Gasteiger partial charge >= 0.3 is 0 Å². The van der Waals surface area contributed by atoms with Crippen molar-refractivity contribution in [3.8, 4) is 0 Å². The summed E-state index contributed by atoms with van der Waals surface area (Å²) in [5.74, 6) is 0.854. The quantitative estimate of drug-likeness (QED) is 0.915. The van der Waals surface area contributed by atoms with Crippen LogP contribution in [0.5, 0.6) is 0 Å². The summed E-state index contributed by atoms with van der Waals surface area (Å²) in [6.45, 7) is 10.6. The monoisotopic (exact) mass is 288 g/mol. The van der Waals surface area contributed by atoms with Gasteiger partial charge < -0.3 is 10.6 Å². The summed E-state index contributed by atoms with van der Waals surface area (Å²) in [4.78, 5) is 2.58. The first-order valence-corrected chi connectivity index (χ1v) is 8.47. The zero-order valence-electron chi connectivity index (χ0n) is 14.0. The normalized spacial score (nSPS) is 22.8. The Labute approximate surface area is 130 Å². The number of hydrogen-bond donors (Lipinski definition) is 1. The van der Waals surface area contributed by atoms with E-state index in [-0.39, 0.29) is 6.04 Å². The minimum Gasteiger partial charge on any atom is -0.326 e. The Bertz CT molecular complexity index is 407. The summed E-state index contributed by atoms with van der Waals surface area (Å²) in [5, 5.41) is 0. The summed E-state index contributed by atoms with van der Waals surface area (Å²) in [5.41, 5.74) is 8.17. The molecule has 21 heavy (non-hydrogen) atoms. The molecule has 2 N–H and O–H groups in total. The van der Waals surface area contributed by atoms with E-state index in [4.69, 9.17) is 5.73 Å². The van der Waals surface area contributed by atoms with Gasteiger partial charge in [0.25, 0.3) is 0 Å². The highest BCUT2D eigenvalue weighted by Gasteiger charge is 2.27. The fourth-order valence-electron chi connectivity index (χ4n) is 3.52. The first kappa shape index (κ1) is 16.5. The van der Waals surface area contributed by atoms with Gasteiger partial charge in [-0.25, -0.2) is 0 Å². The molecule has 2 rings (SSSR count). The lowest BCUT2D eigenvalue weighted by atomic mass is 9.77. The van der Waals surface area contributed by atoms with Gasteiger partial charge in [0.2, 0.25) is 0 Å². The lowest BCUT2D eigenvalue weighted by Crippen LogP contribution is -2.39. The average Bonchev–Trinajstić information content (AvgIpc) is 2.65. The van der Waals surface area contributed by atoms with E-state index in [2.05, 4.69) is 56.0 Å². The number of benzene rings is 1. The van der Waals surface area contributed by atoms with E-state index >= 15 is 0 Å². The summed E-state index contributed by atoms with van der Waals surface area (Å²) < 4.78 is 0. The van der Waals surface area contributed by atoms with Gasteiger partial charge in [-0.3, -0.25) is 0 Å².